The molecule has 2 N–H and O–H groups in total. The third-order valence-corrected chi connectivity index (χ3v) is 7.81. The number of carbonyl (C=O) groups is 1. The standard InChI is InChI=1S/C23H27NO7S/c1-11-6-17-20(21-19(11)14(8-30-21)23(3,4)5)12(2)13(22(27)31-17)7-18(26)24-15-9-32(28,29)10-16(15)25/h6,8,15-16,25H,7,9-10H2,1-5H3,(H,24,26)/t15-,16-/m1/s1. The molecule has 8 nitrogen and oxygen atoms in total. The Bertz CT molecular complexity index is 1410. The maximum absolute atomic E-state index is 12.7. The van der Waals surface area contributed by atoms with Crippen LogP contribution in [0, 0.1) is 13.8 Å². The molecule has 32 heavy (non-hydrogen) atoms. The Labute approximate surface area is 185 Å². The molecule has 1 amide bonds. The van der Waals surface area contributed by atoms with Crippen molar-refractivity contribution in [3.05, 3.63) is 45.0 Å². The average Bonchev–Trinajstić information content (AvgIpc) is 3.19. The van der Waals surface area contributed by atoms with Crippen molar-refractivity contribution in [3.8, 4) is 0 Å². The quantitative estimate of drug-likeness (QED) is 0.573. The minimum Gasteiger partial charge on any atom is -0.463 e. The molecule has 0 unspecified atom stereocenters. The first-order chi connectivity index (χ1) is 14.8. The van der Waals surface area contributed by atoms with Gasteiger partial charge in [-0.15, -0.1) is 0 Å². The van der Waals surface area contributed by atoms with E-state index in [0.29, 0.717) is 22.1 Å². The van der Waals surface area contributed by atoms with Crippen molar-refractivity contribution in [3.63, 3.8) is 0 Å². The van der Waals surface area contributed by atoms with Crippen molar-refractivity contribution in [2.75, 3.05) is 11.5 Å². The number of sulfone groups is 1. The van der Waals surface area contributed by atoms with Gasteiger partial charge < -0.3 is 19.3 Å². The molecule has 1 aliphatic heterocycles. The van der Waals surface area contributed by atoms with Crippen LogP contribution in [0.1, 0.15) is 43.0 Å². The van der Waals surface area contributed by atoms with Gasteiger partial charge >= 0.3 is 5.63 Å². The predicted octanol–water partition coefficient (Wildman–Crippen LogP) is 2.27. The monoisotopic (exact) mass is 461 g/mol. The third kappa shape index (κ3) is 3.84. The number of benzene rings is 1. The third-order valence-electron chi connectivity index (χ3n) is 6.10. The van der Waals surface area contributed by atoms with E-state index in [9.17, 15) is 23.1 Å². The number of aliphatic hydroxyl groups is 1. The van der Waals surface area contributed by atoms with Crippen LogP contribution in [-0.4, -0.2) is 43.1 Å². The molecule has 2 atom stereocenters. The van der Waals surface area contributed by atoms with Gasteiger partial charge in [0.25, 0.3) is 0 Å². The number of furan rings is 1. The molecular weight excluding hydrogens is 434 g/mol. The van der Waals surface area contributed by atoms with E-state index < -0.39 is 33.5 Å². The topological polar surface area (TPSA) is 127 Å². The van der Waals surface area contributed by atoms with Gasteiger partial charge in [0, 0.05) is 10.9 Å². The highest BCUT2D eigenvalue weighted by Crippen LogP contribution is 2.38. The van der Waals surface area contributed by atoms with Crippen molar-refractivity contribution in [1.29, 1.82) is 0 Å². The zero-order valence-electron chi connectivity index (χ0n) is 18.7. The minimum absolute atomic E-state index is 0.154. The van der Waals surface area contributed by atoms with Gasteiger partial charge in [-0.05, 0) is 36.5 Å². The van der Waals surface area contributed by atoms with E-state index in [1.165, 1.54) is 0 Å². The number of hydrogen-bond acceptors (Lipinski definition) is 7. The van der Waals surface area contributed by atoms with Crippen molar-refractivity contribution in [2.24, 2.45) is 0 Å². The summed E-state index contributed by atoms with van der Waals surface area (Å²) in [6.07, 6.45) is 0.255. The maximum Gasteiger partial charge on any atom is 0.340 e. The first-order valence-electron chi connectivity index (χ1n) is 10.4. The molecule has 4 rings (SSSR count). The minimum atomic E-state index is -3.40. The second-order valence-electron chi connectivity index (χ2n) is 9.66. The lowest BCUT2D eigenvalue weighted by Crippen LogP contribution is -2.43. The summed E-state index contributed by atoms with van der Waals surface area (Å²) in [7, 11) is -3.40. The first kappa shape index (κ1) is 22.5. The number of amides is 1. The fraction of sp³-hybridized carbons (Fsp3) is 0.478. The Kier molecular flexibility index (Phi) is 5.25. The highest BCUT2D eigenvalue weighted by molar-refractivity contribution is 7.91. The Morgan fingerprint density at radius 1 is 1.22 bits per heavy atom. The first-order valence-corrected chi connectivity index (χ1v) is 12.3. The van der Waals surface area contributed by atoms with Gasteiger partial charge in [-0.1, -0.05) is 20.8 Å². The molecule has 0 spiro atoms. The number of carbonyl (C=O) groups excluding carboxylic acids is 1. The SMILES string of the molecule is Cc1cc2oc(=O)c(CC(=O)N[C@@H]3CS(=O)(=O)C[C@H]3O)c(C)c2c2occ(C(C)(C)C)c12. The van der Waals surface area contributed by atoms with Crippen LogP contribution in [-0.2, 0) is 26.5 Å². The molecule has 0 radical (unpaired) electrons. The van der Waals surface area contributed by atoms with Crippen LogP contribution in [0.25, 0.3) is 21.9 Å². The van der Waals surface area contributed by atoms with Crippen molar-refractivity contribution < 1.29 is 27.2 Å². The summed E-state index contributed by atoms with van der Waals surface area (Å²) in [5.41, 5.74) is 2.90. The Balaban J connectivity index is 1.77. The molecule has 1 aliphatic rings. The fourth-order valence-corrected chi connectivity index (χ4v) is 6.17. The summed E-state index contributed by atoms with van der Waals surface area (Å²) in [6, 6.07) is 0.912. The fourth-order valence-electron chi connectivity index (χ4n) is 4.43. The van der Waals surface area contributed by atoms with E-state index in [1.807, 2.05) is 6.92 Å². The predicted molar refractivity (Wildman–Crippen MR) is 121 cm³/mol. The van der Waals surface area contributed by atoms with Crippen molar-refractivity contribution in [2.45, 2.75) is 58.6 Å². The molecular formula is C23H27NO7S. The van der Waals surface area contributed by atoms with Gasteiger partial charge in [-0.25, -0.2) is 13.2 Å². The number of rotatable bonds is 3. The van der Waals surface area contributed by atoms with E-state index in [0.717, 1.165) is 16.5 Å². The number of fused-ring (bicyclic) bond motifs is 3. The van der Waals surface area contributed by atoms with Gasteiger partial charge in [-0.2, -0.15) is 0 Å². The van der Waals surface area contributed by atoms with Crippen LogP contribution in [0.15, 0.2) is 26.0 Å². The van der Waals surface area contributed by atoms with Crippen molar-refractivity contribution >= 4 is 37.7 Å². The molecule has 0 bridgehead atoms. The normalized spacial score (nSPS) is 20.8. The zero-order chi connectivity index (χ0) is 23.6. The van der Waals surface area contributed by atoms with E-state index >= 15 is 0 Å². The second kappa shape index (κ2) is 7.45. The summed E-state index contributed by atoms with van der Waals surface area (Å²) >= 11 is 0. The molecule has 3 aromatic rings. The maximum atomic E-state index is 12.7. The van der Waals surface area contributed by atoms with Gasteiger partial charge in [0.1, 0.15) is 11.2 Å². The lowest BCUT2D eigenvalue weighted by Gasteiger charge is -2.18. The van der Waals surface area contributed by atoms with E-state index in [4.69, 9.17) is 8.83 Å². The molecule has 3 heterocycles. The Morgan fingerprint density at radius 2 is 1.91 bits per heavy atom. The van der Waals surface area contributed by atoms with Crippen LogP contribution < -0.4 is 10.9 Å². The molecule has 1 aromatic carbocycles. The molecule has 0 aliphatic carbocycles. The summed E-state index contributed by atoms with van der Waals surface area (Å²) in [4.78, 5) is 25.3. The zero-order valence-corrected chi connectivity index (χ0v) is 19.6. The smallest absolute Gasteiger partial charge is 0.340 e. The van der Waals surface area contributed by atoms with Crippen LogP contribution in [0.3, 0.4) is 0 Å². The Hall–Kier alpha value is -2.65. The van der Waals surface area contributed by atoms with Crippen LogP contribution in [0.5, 0.6) is 0 Å². The summed E-state index contributed by atoms with van der Waals surface area (Å²) < 4.78 is 34.8. The summed E-state index contributed by atoms with van der Waals surface area (Å²) in [5.74, 6) is -1.27. The largest absolute Gasteiger partial charge is 0.463 e. The number of aryl methyl sites for hydroxylation is 2. The van der Waals surface area contributed by atoms with Gasteiger partial charge in [0.2, 0.25) is 5.91 Å². The van der Waals surface area contributed by atoms with Gasteiger partial charge in [-0.3, -0.25) is 4.79 Å². The average molecular weight is 462 g/mol. The van der Waals surface area contributed by atoms with Crippen LogP contribution in [0.2, 0.25) is 0 Å². The molecule has 0 saturated carbocycles. The second-order valence-corrected chi connectivity index (χ2v) is 11.8. The van der Waals surface area contributed by atoms with Gasteiger partial charge in [0.15, 0.2) is 9.84 Å². The highest BCUT2D eigenvalue weighted by atomic mass is 32.2. The molecule has 2 aromatic heterocycles. The highest BCUT2D eigenvalue weighted by Gasteiger charge is 2.37. The van der Waals surface area contributed by atoms with Crippen LogP contribution in [0.4, 0.5) is 0 Å². The Morgan fingerprint density at radius 3 is 2.50 bits per heavy atom. The molecule has 9 heteroatoms. The van der Waals surface area contributed by atoms with E-state index in [1.54, 1.807) is 19.3 Å². The van der Waals surface area contributed by atoms with E-state index in [-0.39, 0.29) is 28.9 Å². The molecule has 1 fully saturated rings. The number of hydrogen-bond donors (Lipinski definition) is 2. The number of aliphatic hydroxyl groups excluding tert-OH is 1. The summed E-state index contributed by atoms with van der Waals surface area (Å²) in [6.45, 7) is 9.94. The van der Waals surface area contributed by atoms with E-state index in [2.05, 4.69) is 26.1 Å². The number of nitrogens with one attached hydrogen (secondary N) is 1. The van der Waals surface area contributed by atoms with Crippen molar-refractivity contribution in [1.82, 2.24) is 5.32 Å². The summed E-state index contributed by atoms with van der Waals surface area (Å²) in [5, 5.41) is 14.0. The lowest BCUT2D eigenvalue weighted by atomic mass is 9.85. The lowest BCUT2D eigenvalue weighted by molar-refractivity contribution is -0.121. The van der Waals surface area contributed by atoms with Crippen LogP contribution >= 0.6 is 0 Å². The van der Waals surface area contributed by atoms with Gasteiger partial charge in [0.05, 0.1) is 47.3 Å². The molecule has 1 saturated heterocycles. The molecule has 172 valence electrons.